The highest BCUT2D eigenvalue weighted by atomic mass is 35.5. The maximum Gasteiger partial charge on any atom is 0.418 e. The Labute approximate surface area is 178 Å². The average molecular weight is 473 g/mol. The van der Waals surface area contributed by atoms with E-state index in [4.69, 9.17) is 16.3 Å². The van der Waals surface area contributed by atoms with Gasteiger partial charge >= 0.3 is 11.9 Å². The number of aromatic nitrogens is 4. The van der Waals surface area contributed by atoms with Gasteiger partial charge in [0.15, 0.2) is 17.4 Å². The number of benzene rings is 1. The van der Waals surface area contributed by atoms with Gasteiger partial charge < -0.3 is 9.72 Å². The van der Waals surface area contributed by atoms with Crippen LogP contribution in [-0.4, -0.2) is 26.9 Å². The largest absolute Gasteiger partial charge is 0.494 e. The van der Waals surface area contributed by atoms with Gasteiger partial charge in [-0.2, -0.15) is 18.3 Å². The second-order valence-electron chi connectivity index (χ2n) is 6.19. The molecule has 3 aromatic heterocycles. The highest BCUT2D eigenvalue weighted by molar-refractivity contribution is 7.22. The van der Waals surface area contributed by atoms with Gasteiger partial charge in [0.1, 0.15) is 4.70 Å². The van der Waals surface area contributed by atoms with Crippen molar-refractivity contribution in [2.45, 2.75) is 6.18 Å². The van der Waals surface area contributed by atoms with Gasteiger partial charge in [-0.05, 0) is 24.3 Å². The van der Waals surface area contributed by atoms with Crippen LogP contribution < -0.4 is 16.0 Å². The number of alkyl halides is 3. The van der Waals surface area contributed by atoms with Crippen LogP contribution in [0.1, 0.15) is 5.56 Å². The molecule has 1 aromatic carbocycles. The van der Waals surface area contributed by atoms with E-state index < -0.39 is 34.6 Å². The van der Waals surface area contributed by atoms with Crippen LogP contribution in [0.5, 0.6) is 5.75 Å². The van der Waals surface area contributed by atoms with Gasteiger partial charge in [-0.15, -0.1) is 16.4 Å². The molecule has 31 heavy (non-hydrogen) atoms. The van der Waals surface area contributed by atoms with E-state index in [9.17, 15) is 27.2 Å². The Hall–Kier alpha value is -3.25. The fourth-order valence-electron chi connectivity index (χ4n) is 2.84. The number of methoxy groups -OCH3 is 1. The Morgan fingerprint density at radius 2 is 1.94 bits per heavy atom. The maximum absolute atomic E-state index is 13.8. The quantitative estimate of drug-likeness (QED) is 0.455. The van der Waals surface area contributed by atoms with Gasteiger partial charge in [-0.3, -0.25) is 4.79 Å². The number of H-pyrrole nitrogens is 1. The molecule has 0 aliphatic carbocycles. The molecule has 0 radical (unpaired) electrons. The number of thiophene rings is 1. The lowest BCUT2D eigenvalue weighted by molar-refractivity contribution is -0.137. The molecule has 0 aliphatic heterocycles. The third kappa shape index (κ3) is 3.68. The van der Waals surface area contributed by atoms with Crippen molar-refractivity contribution in [3.05, 3.63) is 67.7 Å². The molecule has 0 fully saturated rings. The number of nitrogens with one attached hydrogen (secondary N) is 1. The maximum atomic E-state index is 13.8. The third-order valence-electron chi connectivity index (χ3n) is 4.28. The Morgan fingerprint density at radius 1 is 1.19 bits per heavy atom. The van der Waals surface area contributed by atoms with Gasteiger partial charge in [-0.1, -0.05) is 11.6 Å². The van der Waals surface area contributed by atoms with Crippen LogP contribution in [0, 0.1) is 5.82 Å². The predicted octanol–water partition coefficient (Wildman–Crippen LogP) is 4.02. The number of nitrogens with zero attached hydrogens (tertiary/aromatic N) is 3. The monoisotopic (exact) mass is 472 g/mol. The van der Waals surface area contributed by atoms with Crippen molar-refractivity contribution in [1.29, 1.82) is 0 Å². The number of hydrogen-bond donors (Lipinski definition) is 1. The molecule has 0 saturated heterocycles. The standard InChI is InChI=1S/C18H9ClF4N4O3S/c1-30-12-3-8(9(19)4-10(12)20)13-5-11-15(31-13)16(28)27(17(29)25-11)14-2-7(6-24-26-14)18(21,22)23/h2-6H,1H3,(H,25,29). The summed E-state index contributed by atoms with van der Waals surface area (Å²) < 4.78 is 58.1. The number of fused-ring (bicyclic) bond motifs is 1. The molecule has 0 atom stereocenters. The molecule has 0 saturated carbocycles. The first-order chi connectivity index (χ1) is 14.6. The first-order valence-corrected chi connectivity index (χ1v) is 9.52. The zero-order valence-electron chi connectivity index (χ0n) is 15.3. The molecule has 1 N–H and O–H groups in total. The summed E-state index contributed by atoms with van der Waals surface area (Å²) in [5.41, 5.74) is -2.59. The summed E-state index contributed by atoms with van der Waals surface area (Å²) in [6.45, 7) is 0. The van der Waals surface area contributed by atoms with Crippen LogP contribution in [0.2, 0.25) is 5.02 Å². The number of halogens is 5. The molecule has 0 bridgehead atoms. The van der Waals surface area contributed by atoms with Gasteiger partial charge in [-0.25, -0.2) is 13.8 Å². The molecule has 0 unspecified atom stereocenters. The van der Waals surface area contributed by atoms with Crippen molar-refractivity contribution in [2.75, 3.05) is 7.11 Å². The number of ether oxygens (including phenoxy) is 1. The van der Waals surface area contributed by atoms with E-state index in [1.165, 1.54) is 19.2 Å². The summed E-state index contributed by atoms with van der Waals surface area (Å²) in [4.78, 5) is 28.2. The highest BCUT2D eigenvalue weighted by Gasteiger charge is 2.32. The minimum atomic E-state index is -4.74. The van der Waals surface area contributed by atoms with Crippen LogP contribution in [0.4, 0.5) is 17.6 Å². The second kappa shape index (κ2) is 7.46. The molecule has 0 amide bonds. The molecule has 4 rings (SSSR count). The minimum absolute atomic E-state index is 0.0215. The Morgan fingerprint density at radius 3 is 2.61 bits per heavy atom. The summed E-state index contributed by atoms with van der Waals surface area (Å²) in [5, 5.41) is 6.76. The van der Waals surface area contributed by atoms with Crippen molar-refractivity contribution in [3.63, 3.8) is 0 Å². The first kappa shape index (κ1) is 21.0. The minimum Gasteiger partial charge on any atom is -0.494 e. The van der Waals surface area contributed by atoms with Crippen molar-refractivity contribution < 1.29 is 22.3 Å². The Bertz CT molecular complexity index is 1440. The van der Waals surface area contributed by atoms with E-state index in [0.717, 1.165) is 17.4 Å². The number of aromatic amines is 1. The van der Waals surface area contributed by atoms with Gasteiger partial charge in [0.2, 0.25) is 0 Å². The first-order valence-electron chi connectivity index (χ1n) is 8.32. The summed E-state index contributed by atoms with van der Waals surface area (Å²) >= 11 is 7.02. The van der Waals surface area contributed by atoms with Crippen LogP contribution >= 0.6 is 22.9 Å². The Kier molecular flexibility index (Phi) is 5.06. The lowest BCUT2D eigenvalue weighted by Gasteiger charge is -2.07. The molecular weight excluding hydrogens is 464 g/mol. The zero-order chi connectivity index (χ0) is 22.5. The SMILES string of the molecule is COc1cc(-c2cc3[nH]c(=O)n(-c4cc(C(F)(F)F)cnn4)c(=O)c3s2)c(Cl)cc1F. The van der Waals surface area contributed by atoms with Gasteiger partial charge in [0.05, 0.1) is 29.4 Å². The second-order valence-corrected chi connectivity index (χ2v) is 7.65. The van der Waals surface area contributed by atoms with E-state index in [-0.39, 0.29) is 21.0 Å². The van der Waals surface area contributed by atoms with E-state index >= 15 is 0 Å². The van der Waals surface area contributed by atoms with Gasteiger partial charge in [0.25, 0.3) is 5.56 Å². The molecule has 3 heterocycles. The fraction of sp³-hybridized carbons (Fsp3) is 0.111. The van der Waals surface area contributed by atoms with Crippen molar-refractivity contribution in [2.24, 2.45) is 0 Å². The van der Waals surface area contributed by atoms with E-state index in [1.807, 2.05) is 0 Å². The molecule has 4 aromatic rings. The van der Waals surface area contributed by atoms with E-state index in [1.54, 1.807) is 0 Å². The van der Waals surface area contributed by atoms with Crippen LogP contribution in [-0.2, 0) is 6.18 Å². The van der Waals surface area contributed by atoms with Gasteiger partial charge in [0, 0.05) is 10.4 Å². The molecule has 0 aliphatic rings. The molecule has 0 spiro atoms. The normalized spacial score (nSPS) is 11.8. The van der Waals surface area contributed by atoms with Crippen molar-refractivity contribution in [1.82, 2.24) is 19.7 Å². The third-order valence-corrected chi connectivity index (χ3v) is 5.75. The van der Waals surface area contributed by atoms with Crippen LogP contribution in [0.3, 0.4) is 0 Å². The van der Waals surface area contributed by atoms with E-state index in [2.05, 4.69) is 15.2 Å². The zero-order valence-corrected chi connectivity index (χ0v) is 16.8. The van der Waals surface area contributed by atoms with Crippen molar-refractivity contribution >= 4 is 33.2 Å². The van der Waals surface area contributed by atoms with Crippen LogP contribution in [0.15, 0.2) is 40.1 Å². The van der Waals surface area contributed by atoms with Crippen molar-refractivity contribution in [3.8, 4) is 22.0 Å². The molecule has 7 nitrogen and oxygen atoms in total. The fourth-order valence-corrected chi connectivity index (χ4v) is 4.22. The lowest BCUT2D eigenvalue weighted by Crippen LogP contribution is -2.34. The molecule has 160 valence electrons. The smallest absolute Gasteiger partial charge is 0.418 e. The number of hydrogen-bond acceptors (Lipinski definition) is 6. The Balaban J connectivity index is 1.92. The molecular formula is C18H9ClF4N4O3S. The summed E-state index contributed by atoms with van der Waals surface area (Å²) in [6, 6.07) is 4.37. The lowest BCUT2D eigenvalue weighted by atomic mass is 10.1. The summed E-state index contributed by atoms with van der Waals surface area (Å²) in [7, 11) is 1.27. The highest BCUT2D eigenvalue weighted by Crippen LogP contribution is 2.38. The van der Waals surface area contributed by atoms with Crippen LogP contribution in [0.25, 0.3) is 26.5 Å². The number of rotatable bonds is 3. The summed E-state index contributed by atoms with van der Waals surface area (Å²) in [5.74, 6) is -1.35. The van der Waals surface area contributed by atoms with E-state index in [0.29, 0.717) is 27.3 Å². The average Bonchev–Trinajstić information content (AvgIpc) is 3.11. The predicted molar refractivity (Wildman–Crippen MR) is 106 cm³/mol. The summed E-state index contributed by atoms with van der Waals surface area (Å²) in [6.07, 6.45) is -4.26. The topological polar surface area (TPSA) is 89.9 Å². The molecule has 13 heteroatoms.